The molecule has 11 rings (SSSR count). The molecule has 3 aromatic heterocycles. The Morgan fingerprint density at radius 2 is 1.38 bits per heavy atom. The van der Waals surface area contributed by atoms with Crippen LogP contribution in [-0.2, 0) is 43.2 Å². The molecule has 4 heterocycles. The van der Waals surface area contributed by atoms with Crippen LogP contribution < -0.4 is 0 Å². The topological polar surface area (TPSA) is 44.3 Å². The van der Waals surface area contributed by atoms with Gasteiger partial charge in [-0.25, -0.2) is 4.98 Å². The van der Waals surface area contributed by atoms with Crippen LogP contribution in [0, 0.1) is 45.2 Å². The second-order valence-corrected chi connectivity index (χ2v) is 20.6. The molecule has 9 aromatic rings. The van der Waals surface area contributed by atoms with Gasteiger partial charge in [0.2, 0.25) is 0 Å². The van der Waals surface area contributed by atoms with E-state index in [4.69, 9.17) is 14.7 Å². The standard InChI is InChI=1S/C58H54N4O.Pt/c1-34-19-21-49-45(24-34)46-26-37(4)51(62-50-22-20-39(38-16-13-12-14-17-38)30-47(50)44-18-15-23-59-53(44)62)32-52(46)61(49)43-29-40(28-42(31-43)55(5,6)7)54-60-57(11)33-41-25-35(2)36(3)27-48(41)58(57,63-54)56(8,9)10;/h12-28,30-31H,33H2,1-11H3;/q-2;+2/t57-,58-;/m1./s1. The van der Waals surface area contributed by atoms with E-state index in [-0.39, 0.29) is 31.9 Å². The van der Waals surface area contributed by atoms with E-state index >= 15 is 0 Å². The molecule has 6 heteroatoms. The van der Waals surface area contributed by atoms with Crippen LogP contribution in [0.15, 0.2) is 120 Å². The average molecular weight is 1020 g/mol. The van der Waals surface area contributed by atoms with Gasteiger partial charge in [0.25, 0.3) is 0 Å². The zero-order chi connectivity index (χ0) is 44.0. The molecule has 2 aliphatic rings. The molecule has 6 aromatic carbocycles. The monoisotopic (exact) mass is 1020 g/mol. The second-order valence-electron chi connectivity index (χ2n) is 20.6. The maximum atomic E-state index is 7.47. The second kappa shape index (κ2) is 14.4. The summed E-state index contributed by atoms with van der Waals surface area (Å²) in [6, 6.07) is 48.0. The van der Waals surface area contributed by atoms with Gasteiger partial charge in [0.05, 0.1) is 11.1 Å². The van der Waals surface area contributed by atoms with Crippen molar-refractivity contribution in [2.24, 2.45) is 10.4 Å². The summed E-state index contributed by atoms with van der Waals surface area (Å²) >= 11 is 0. The normalized spacial score (nSPS) is 18.4. The third kappa shape index (κ3) is 6.06. The van der Waals surface area contributed by atoms with E-state index in [0.717, 1.165) is 67.3 Å². The number of fused-ring (bicyclic) bond motifs is 9. The maximum Gasteiger partial charge on any atom is 2.00 e. The predicted molar refractivity (Wildman–Crippen MR) is 261 cm³/mol. The number of rotatable bonds is 4. The fourth-order valence-electron chi connectivity index (χ4n) is 11.1. The van der Waals surface area contributed by atoms with Crippen molar-refractivity contribution >= 4 is 49.6 Å². The summed E-state index contributed by atoms with van der Waals surface area (Å²) < 4.78 is 12.1. The van der Waals surface area contributed by atoms with E-state index in [9.17, 15) is 0 Å². The zero-order valence-electron chi connectivity index (χ0n) is 38.7. The first-order valence-electron chi connectivity index (χ1n) is 22.4. The molecule has 1 aliphatic carbocycles. The van der Waals surface area contributed by atoms with Gasteiger partial charge in [0.15, 0.2) is 5.60 Å². The van der Waals surface area contributed by atoms with Gasteiger partial charge in [-0.2, -0.15) is 6.07 Å². The fraction of sp³-hybridized carbons (Fsp3) is 0.276. The van der Waals surface area contributed by atoms with Crippen molar-refractivity contribution in [3.63, 3.8) is 0 Å². The Labute approximate surface area is 391 Å². The number of nitrogens with zero attached hydrogens (tertiary/aromatic N) is 4. The minimum atomic E-state index is -0.641. The van der Waals surface area contributed by atoms with Gasteiger partial charge >= 0.3 is 21.1 Å². The van der Waals surface area contributed by atoms with Crippen molar-refractivity contribution in [2.75, 3.05) is 0 Å². The first kappa shape index (κ1) is 42.2. The number of hydrogen-bond donors (Lipinski definition) is 0. The molecule has 64 heavy (non-hydrogen) atoms. The van der Waals surface area contributed by atoms with Gasteiger partial charge in [-0.05, 0) is 102 Å². The van der Waals surface area contributed by atoms with Gasteiger partial charge < -0.3 is 13.9 Å². The smallest absolute Gasteiger partial charge is 0.507 e. The SMILES string of the molecule is Cc1ccc2c(c1)c1cc(C)c(-n3c4ccc(-c5ccccc5)cc4c4cccnc43)[c-]c1n2-c1[c-]c(C2=N[C@]3(C)Cc4cc(C)c(C)cc4[C@]3(C(C)(C)C)O2)cc(C(C)(C)C)c1.[Pt+2]. The molecule has 2 atom stereocenters. The molecule has 0 bridgehead atoms. The molecule has 0 saturated carbocycles. The number of aliphatic imine (C=N–C) groups is 1. The van der Waals surface area contributed by atoms with E-state index in [1.165, 1.54) is 49.9 Å². The van der Waals surface area contributed by atoms with Crippen LogP contribution in [0.2, 0.25) is 0 Å². The van der Waals surface area contributed by atoms with Crippen molar-refractivity contribution in [3.05, 3.63) is 172 Å². The van der Waals surface area contributed by atoms with E-state index in [2.05, 4.69) is 201 Å². The Balaban J connectivity index is 0.00000484. The van der Waals surface area contributed by atoms with E-state index in [0.29, 0.717) is 5.90 Å². The van der Waals surface area contributed by atoms with Gasteiger partial charge in [-0.1, -0.05) is 131 Å². The Morgan fingerprint density at radius 3 is 2.12 bits per heavy atom. The molecule has 0 N–H and O–H groups in total. The summed E-state index contributed by atoms with van der Waals surface area (Å²) in [6.45, 7) is 24.8. The quantitative estimate of drug-likeness (QED) is 0.165. The van der Waals surface area contributed by atoms with E-state index in [1.54, 1.807) is 0 Å². The number of hydrogen-bond acceptors (Lipinski definition) is 3. The first-order valence-corrected chi connectivity index (χ1v) is 22.4. The van der Waals surface area contributed by atoms with Crippen molar-refractivity contribution in [3.8, 4) is 22.5 Å². The molecule has 0 saturated heterocycles. The van der Waals surface area contributed by atoms with Crippen LogP contribution in [0.1, 0.15) is 93.0 Å². The van der Waals surface area contributed by atoms with Crippen LogP contribution in [-0.4, -0.2) is 25.6 Å². The number of pyridine rings is 1. The summed E-state index contributed by atoms with van der Waals surface area (Å²) in [7, 11) is 0. The van der Waals surface area contributed by atoms with Crippen LogP contribution in [0.4, 0.5) is 0 Å². The summed E-state index contributed by atoms with van der Waals surface area (Å²) in [5.74, 6) is 0.659. The van der Waals surface area contributed by atoms with Gasteiger partial charge in [0, 0.05) is 39.9 Å². The molecule has 322 valence electrons. The van der Waals surface area contributed by atoms with E-state index in [1.807, 2.05) is 12.3 Å². The van der Waals surface area contributed by atoms with Gasteiger partial charge in [-0.3, -0.25) is 4.99 Å². The third-order valence-corrected chi connectivity index (χ3v) is 14.2. The van der Waals surface area contributed by atoms with Crippen LogP contribution >= 0.6 is 0 Å². The fourth-order valence-corrected chi connectivity index (χ4v) is 11.1. The van der Waals surface area contributed by atoms with Crippen molar-refractivity contribution in [1.29, 1.82) is 0 Å². The van der Waals surface area contributed by atoms with Crippen LogP contribution in [0.3, 0.4) is 0 Å². The number of aryl methyl sites for hydroxylation is 4. The Kier molecular flexibility index (Phi) is 9.47. The van der Waals surface area contributed by atoms with Gasteiger partial charge in [-0.15, -0.1) is 40.8 Å². The maximum absolute atomic E-state index is 7.47. The molecule has 0 unspecified atom stereocenters. The Hall–Kier alpha value is -5.77. The van der Waals surface area contributed by atoms with Crippen molar-refractivity contribution in [1.82, 2.24) is 14.1 Å². The zero-order valence-corrected chi connectivity index (χ0v) is 41.0. The average Bonchev–Trinajstić information content (AvgIpc) is 3.92. The molecular formula is C58H54N4OPt. The number of benzene rings is 6. The Morgan fingerprint density at radius 1 is 0.656 bits per heavy atom. The molecule has 5 nitrogen and oxygen atoms in total. The predicted octanol–water partition coefficient (Wildman–Crippen LogP) is 14.1. The molecule has 0 fully saturated rings. The molecular weight excluding hydrogens is 964 g/mol. The largest absolute Gasteiger partial charge is 2.00 e. The minimum Gasteiger partial charge on any atom is -0.507 e. The van der Waals surface area contributed by atoms with Gasteiger partial charge in [0.1, 0.15) is 11.5 Å². The molecule has 1 aliphatic heterocycles. The summed E-state index contributed by atoms with van der Waals surface area (Å²) in [6.07, 6.45) is 2.72. The molecule has 0 spiro atoms. The van der Waals surface area contributed by atoms with Crippen LogP contribution in [0.5, 0.6) is 0 Å². The third-order valence-electron chi connectivity index (χ3n) is 14.2. The Bertz CT molecular complexity index is 3430. The molecule has 0 amide bonds. The molecule has 0 radical (unpaired) electrons. The summed E-state index contributed by atoms with van der Waals surface area (Å²) in [5, 5.41) is 4.61. The summed E-state index contributed by atoms with van der Waals surface area (Å²) in [5.41, 5.74) is 16.4. The van der Waals surface area contributed by atoms with Crippen molar-refractivity contribution < 1.29 is 25.8 Å². The minimum absolute atomic E-state index is 0. The number of ether oxygens (including phenoxy) is 1. The van der Waals surface area contributed by atoms with E-state index < -0.39 is 11.1 Å². The number of aromatic nitrogens is 3. The summed E-state index contributed by atoms with van der Waals surface area (Å²) in [4.78, 5) is 10.7. The van der Waals surface area contributed by atoms with Crippen molar-refractivity contribution in [2.45, 2.75) is 99.1 Å². The first-order chi connectivity index (χ1) is 30.0. The van der Waals surface area contributed by atoms with Crippen LogP contribution in [0.25, 0.3) is 66.2 Å².